The molecule has 5 fully saturated rings. The number of piperazine rings is 1. The second-order valence-electron chi connectivity index (χ2n) is 14.9. The van der Waals surface area contributed by atoms with Crippen LogP contribution in [0, 0.1) is 5.92 Å². The Bertz CT molecular complexity index is 2300. The molecule has 8 heterocycles. The van der Waals surface area contributed by atoms with Crippen molar-refractivity contribution in [2.24, 2.45) is 5.92 Å². The van der Waals surface area contributed by atoms with Crippen LogP contribution in [-0.2, 0) is 11.0 Å². The number of ether oxygens (including phenoxy) is 1. The molecule has 2 atom stereocenters. The monoisotopic (exact) mass is 756 g/mol. The number of nitrogens with zero attached hydrogens (tertiary/aromatic N) is 8. The predicted octanol–water partition coefficient (Wildman–Crippen LogP) is 5.50. The number of pyridine rings is 2. The number of alkyl halides is 3. The second kappa shape index (κ2) is 13.5. The highest BCUT2D eigenvalue weighted by Gasteiger charge is 2.45. The number of hydrogen-bond donors (Lipinski definition) is 2. The smallest absolute Gasteiger partial charge is 0.433 e. The maximum Gasteiger partial charge on any atom is 0.433 e. The molecule has 1 aromatic carbocycles. The van der Waals surface area contributed by atoms with Gasteiger partial charge >= 0.3 is 12.2 Å². The Morgan fingerprint density at radius 1 is 1.04 bits per heavy atom. The van der Waals surface area contributed by atoms with Gasteiger partial charge < -0.3 is 15.0 Å². The number of urea groups is 1. The van der Waals surface area contributed by atoms with E-state index in [9.17, 15) is 27.6 Å². The summed E-state index contributed by atoms with van der Waals surface area (Å²) in [6.45, 7) is 3.31. The Balaban J connectivity index is 0.799. The number of carbonyl (C=O) groups is 3. The largest absolute Gasteiger partial charge is 0.494 e. The average Bonchev–Trinajstić information content (AvgIpc) is 3.80. The van der Waals surface area contributed by atoms with Crippen molar-refractivity contribution in [2.75, 3.05) is 48.4 Å². The van der Waals surface area contributed by atoms with Gasteiger partial charge in [0, 0.05) is 80.3 Å². The van der Waals surface area contributed by atoms with E-state index in [4.69, 9.17) is 9.84 Å². The van der Waals surface area contributed by atoms with Gasteiger partial charge in [-0.15, -0.1) is 0 Å². The Hall–Kier alpha value is -5.71. The van der Waals surface area contributed by atoms with Gasteiger partial charge in [-0.05, 0) is 62.3 Å². The lowest BCUT2D eigenvalue weighted by atomic mass is 9.81. The Labute approximate surface area is 313 Å². The summed E-state index contributed by atoms with van der Waals surface area (Å²) in [5, 5.41) is 10.7. The lowest BCUT2D eigenvalue weighted by Gasteiger charge is -2.58. The molecule has 17 heteroatoms. The van der Waals surface area contributed by atoms with Crippen LogP contribution in [0.15, 0.2) is 61.1 Å². The third-order valence-electron chi connectivity index (χ3n) is 11.5. The maximum atomic E-state index is 13.2. The van der Waals surface area contributed by atoms with Gasteiger partial charge in [0.05, 0.1) is 30.6 Å². The van der Waals surface area contributed by atoms with Gasteiger partial charge in [-0.25, -0.2) is 14.8 Å². The number of halogens is 3. The summed E-state index contributed by atoms with van der Waals surface area (Å²) in [4.78, 5) is 51.6. The van der Waals surface area contributed by atoms with E-state index in [1.165, 1.54) is 19.6 Å². The van der Waals surface area contributed by atoms with Gasteiger partial charge in [0.2, 0.25) is 5.91 Å². The first kappa shape index (κ1) is 35.0. The van der Waals surface area contributed by atoms with Gasteiger partial charge in [-0.2, -0.15) is 18.3 Å². The average molecular weight is 757 g/mol. The fraction of sp³-hybridized carbons (Fsp3) is 0.421. The van der Waals surface area contributed by atoms with Crippen molar-refractivity contribution in [3.05, 3.63) is 72.4 Å². The van der Waals surface area contributed by atoms with Gasteiger partial charge in [0.25, 0.3) is 5.91 Å². The number of amides is 4. The highest BCUT2D eigenvalue weighted by Crippen LogP contribution is 2.40. The zero-order chi connectivity index (χ0) is 38.0. The molecule has 4 aliphatic heterocycles. The zero-order valence-electron chi connectivity index (χ0n) is 30.0. The van der Waals surface area contributed by atoms with Gasteiger partial charge in [0.15, 0.2) is 0 Å². The standard InChI is InChI=1S/C38H39F3N10O4/c1-55-31-16-29-23(13-30(31)44-36(53)28-3-2-4-32(43-28)38(39,40)41)19-51(46-29)24-7-5-22(6-8-24)18-50-26-14-27(50)21-47(20-26)25-9-11-48-33(15-25)42-17-35(48)49-12-10-34(52)45-37(49)54/h2-4,9,11,13,15-17,19,22,24,26-27H,5-8,10,12,14,18,20-21H2,1H3,(H,44,53)(H,45,52,54). The van der Waals surface area contributed by atoms with Gasteiger partial charge in [-0.1, -0.05) is 6.07 Å². The van der Waals surface area contributed by atoms with E-state index < -0.39 is 23.8 Å². The van der Waals surface area contributed by atoms with E-state index in [0.717, 1.165) is 74.2 Å². The number of anilines is 3. The minimum atomic E-state index is -4.66. The number of methoxy groups -OCH3 is 1. The molecule has 10 rings (SSSR count). The molecule has 14 nitrogen and oxygen atoms in total. The molecule has 4 amide bonds. The molecule has 0 radical (unpaired) electrons. The van der Waals surface area contributed by atoms with Crippen molar-refractivity contribution in [3.8, 4) is 5.75 Å². The van der Waals surface area contributed by atoms with Crippen LogP contribution >= 0.6 is 0 Å². The summed E-state index contributed by atoms with van der Waals surface area (Å²) in [5.41, 5.74) is 1.41. The molecule has 2 N–H and O–H groups in total. The summed E-state index contributed by atoms with van der Waals surface area (Å²) in [7, 11) is 1.46. The van der Waals surface area contributed by atoms with Crippen molar-refractivity contribution in [2.45, 2.75) is 62.8 Å². The first-order valence-corrected chi connectivity index (χ1v) is 18.5. The molecule has 5 aromatic rings. The predicted molar refractivity (Wildman–Crippen MR) is 196 cm³/mol. The summed E-state index contributed by atoms with van der Waals surface area (Å²) in [6.07, 6.45) is 6.57. The first-order valence-electron chi connectivity index (χ1n) is 18.5. The molecule has 4 saturated heterocycles. The number of piperidine rings is 1. The van der Waals surface area contributed by atoms with Crippen molar-refractivity contribution in [1.82, 2.24) is 34.4 Å². The summed E-state index contributed by atoms with van der Waals surface area (Å²) in [5.74, 6) is 0.552. The molecule has 1 saturated carbocycles. The molecule has 55 heavy (non-hydrogen) atoms. The fourth-order valence-electron chi connectivity index (χ4n) is 8.65. The number of fused-ring (bicyclic) bond motifs is 4. The van der Waals surface area contributed by atoms with Crippen LogP contribution in [0.5, 0.6) is 5.75 Å². The minimum Gasteiger partial charge on any atom is -0.494 e. The molecule has 2 bridgehead atoms. The fourth-order valence-corrected chi connectivity index (χ4v) is 8.65. The second-order valence-corrected chi connectivity index (χ2v) is 14.9. The summed E-state index contributed by atoms with van der Waals surface area (Å²) < 4.78 is 48.9. The number of benzene rings is 1. The number of carbonyl (C=O) groups excluding carboxylic acids is 3. The van der Waals surface area contributed by atoms with E-state index >= 15 is 0 Å². The summed E-state index contributed by atoms with van der Waals surface area (Å²) in [6, 6.07) is 11.6. The van der Waals surface area contributed by atoms with Crippen molar-refractivity contribution >= 4 is 51.6 Å². The number of imide groups is 1. The van der Waals surface area contributed by atoms with E-state index in [0.29, 0.717) is 47.3 Å². The van der Waals surface area contributed by atoms with Crippen LogP contribution in [0.2, 0.25) is 0 Å². The molecular formula is C38H39F3N10O4. The van der Waals surface area contributed by atoms with Crippen LogP contribution in [0.4, 0.5) is 35.2 Å². The zero-order valence-corrected chi connectivity index (χ0v) is 30.0. The van der Waals surface area contributed by atoms with E-state index in [1.54, 1.807) is 23.2 Å². The third kappa shape index (κ3) is 6.59. The molecule has 2 unspecified atom stereocenters. The van der Waals surface area contributed by atoms with E-state index in [2.05, 4.69) is 42.5 Å². The molecule has 286 valence electrons. The molecule has 5 aliphatic rings. The molecular weight excluding hydrogens is 717 g/mol. The number of imidazole rings is 1. The van der Waals surface area contributed by atoms with E-state index in [-0.39, 0.29) is 24.1 Å². The molecule has 4 aromatic heterocycles. The van der Waals surface area contributed by atoms with Crippen LogP contribution in [0.3, 0.4) is 0 Å². The Morgan fingerprint density at radius 2 is 1.84 bits per heavy atom. The highest BCUT2D eigenvalue weighted by atomic mass is 19.4. The first-order chi connectivity index (χ1) is 26.5. The van der Waals surface area contributed by atoms with Gasteiger partial charge in [0.1, 0.15) is 28.6 Å². The van der Waals surface area contributed by atoms with Crippen LogP contribution in [0.25, 0.3) is 16.6 Å². The Kier molecular flexibility index (Phi) is 8.62. The van der Waals surface area contributed by atoms with Crippen molar-refractivity contribution in [1.29, 1.82) is 0 Å². The summed E-state index contributed by atoms with van der Waals surface area (Å²) >= 11 is 0. The maximum absolute atomic E-state index is 13.2. The lowest BCUT2D eigenvalue weighted by molar-refractivity contribution is -0.141. The highest BCUT2D eigenvalue weighted by molar-refractivity contribution is 6.06. The number of nitrogens with one attached hydrogen (secondary N) is 2. The van der Waals surface area contributed by atoms with Gasteiger partial charge in [-0.3, -0.25) is 33.8 Å². The number of rotatable bonds is 8. The van der Waals surface area contributed by atoms with Crippen LogP contribution in [0.1, 0.15) is 60.7 Å². The number of hydrogen-bond acceptors (Lipinski definition) is 9. The van der Waals surface area contributed by atoms with Crippen molar-refractivity contribution < 1.29 is 32.3 Å². The van der Waals surface area contributed by atoms with Crippen LogP contribution < -0.4 is 25.2 Å². The third-order valence-corrected chi connectivity index (χ3v) is 11.5. The van der Waals surface area contributed by atoms with E-state index in [1.807, 2.05) is 21.5 Å². The topological polar surface area (TPSA) is 142 Å². The van der Waals surface area contributed by atoms with Crippen LogP contribution in [-0.4, -0.2) is 92.3 Å². The number of aromatic nitrogens is 5. The Morgan fingerprint density at radius 3 is 2.58 bits per heavy atom. The molecule has 0 spiro atoms. The normalized spacial score (nSPS) is 23.2. The minimum absolute atomic E-state index is 0.235. The quantitative estimate of drug-likeness (QED) is 0.210. The lowest BCUT2D eigenvalue weighted by Crippen LogP contribution is -2.69. The van der Waals surface area contributed by atoms with Crippen molar-refractivity contribution in [3.63, 3.8) is 0 Å². The molecule has 1 aliphatic carbocycles. The SMILES string of the molecule is COc1cc2nn(C3CCC(CN4C5CC4CN(c4ccn6c(N7CCC(=O)NC7=O)cnc6c4)C5)CC3)cc2cc1NC(=O)c1cccc(C(F)(F)F)n1.